The zero-order chi connectivity index (χ0) is 10.9. The largest absolute Gasteiger partial charge is 0.273 e. The molecular formula is C7H5BrN2O2S3. The van der Waals surface area contributed by atoms with Crippen molar-refractivity contribution in [2.45, 2.75) is 4.21 Å². The lowest BCUT2D eigenvalue weighted by molar-refractivity contribution is 0.603. The summed E-state index contributed by atoms with van der Waals surface area (Å²) in [5.41, 5.74) is 0. The van der Waals surface area contributed by atoms with E-state index >= 15 is 0 Å². The van der Waals surface area contributed by atoms with Gasteiger partial charge in [-0.15, -0.1) is 11.3 Å². The molecule has 0 atom stereocenters. The summed E-state index contributed by atoms with van der Waals surface area (Å²) in [5.74, 6) is 0. The van der Waals surface area contributed by atoms with Crippen molar-refractivity contribution in [3.8, 4) is 0 Å². The summed E-state index contributed by atoms with van der Waals surface area (Å²) in [5, 5.41) is 2.07. The predicted molar refractivity (Wildman–Crippen MR) is 64.9 cm³/mol. The minimum absolute atomic E-state index is 0.286. The number of aromatic nitrogens is 1. The smallest absolute Gasteiger partial charge is 0.254 e. The fourth-order valence-electron chi connectivity index (χ4n) is 0.883. The number of nitrogens with one attached hydrogen (secondary N) is 1. The topological polar surface area (TPSA) is 59.1 Å². The molecule has 0 saturated carbocycles. The molecule has 0 aliphatic rings. The molecule has 2 aromatic rings. The number of hydrogen-bond acceptors (Lipinski definition) is 5. The standard InChI is InChI=1S/C7H5BrN2O2S3/c8-5-4-9-7(14-5)10-15(11,12)6-2-1-3-13-6/h1-4H,(H,9,10). The second-order valence-corrected chi connectivity index (χ2v) is 7.77. The van der Waals surface area contributed by atoms with Crippen LogP contribution in [0.15, 0.2) is 31.7 Å². The third-order valence-corrected chi connectivity index (χ3v) is 5.72. The Hall–Kier alpha value is -0.440. The first-order valence-electron chi connectivity index (χ1n) is 3.75. The molecule has 15 heavy (non-hydrogen) atoms. The second kappa shape index (κ2) is 4.20. The lowest BCUT2D eigenvalue weighted by Gasteiger charge is -2.00. The highest BCUT2D eigenvalue weighted by molar-refractivity contribution is 9.11. The van der Waals surface area contributed by atoms with Gasteiger partial charge in [0.25, 0.3) is 10.0 Å². The van der Waals surface area contributed by atoms with Gasteiger partial charge in [0.2, 0.25) is 0 Å². The van der Waals surface area contributed by atoms with Crippen LogP contribution in [0.25, 0.3) is 0 Å². The van der Waals surface area contributed by atoms with E-state index in [1.54, 1.807) is 23.7 Å². The van der Waals surface area contributed by atoms with Gasteiger partial charge < -0.3 is 0 Å². The summed E-state index contributed by atoms with van der Waals surface area (Å²) in [4.78, 5) is 3.90. The Morgan fingerprint density at radius 3 is 2.80 bits per heavy atom. The van der Waals surface area contributed by atoms with Crippen molar-refractivity contribution in [1.82, 2.24) is 4.98 Å². The third kappa shape index (κ3) is 2.57. The van der Waals surface area contributed by atoms with Crippen molar-refractivity contribution in [3.63, 3.8) is 0 Å². The zero-order valence-corrected chi connectivity index (χ0v) is 11.2. The van der Waals surface area contributed by atoms with E-state index in [2.05, 4.69) is 25.6 Å². The molecule has 2 rings (SSSR count). The zero-order valence-electron chi connectivity index (χ0n) is 7.18. The molecule has 0 unspecified atom stereocenters. The Morgan fingerprint density at radius 1 is 1.47 bits per heavy atom. The van der Waals surface area contributed by atoms with E-state index in [4.69, 9.17) is 0 Å². The Labute approximate surface area is 103 Å². The maximum absolute atomic E-state index is 11.7. The van der Waals surface area contributed by atoms with Crippen LogP contribution in [0.2, 0.25) is 0 Å². The number of anilines is 1. The van der Waals surface area contributed by atoms with Crippen LogP contribution >= 0.6 is 38.6 Å². The Kier molecular flexibility index (Phi) is 3.10. The Balaban J connectivity index is 2.26. The Bertz CT molecular complexity index is 547. The fourth-order valence-corrected chi connectivity index (χ4v) is 4.22. The summed E-state index contributed by atoms with van der Waals surface area (Å²) in [6, 6.07) is 3.24. The quantitative estimate of drug-likeness (QED) is 0.944. The van der Waals surface area contributed by atoms with Gasteiger partial charge in [0, 0.05) is 0 Å². The average Bonchev–Trinajstić information content (AvgIpc) is 2.75. The number of rotatable bonds is 3. The van der Waals surface area contributed by atoms with Crippen LogP contribution < -0.4 is 4.72 Å². The average molecular weight is 325 g/mol. The molecule has 2 heterocycles. The van der Waals surface area contributed by atoms with Crippen molar-refractivity contribution in [3.05, 3.63) is 27.5 Å². The van der Waals surface area contributed by atoms with Crippen molar-refractivity contribution < 1.29 is 8.42 Å². The van der Waals surface area contributed by atoms with Crippen molar-refractivity contribution in [2.75, 3.05) is 4.72 Å². The monoisotopic (exact) mass is 324 g/mol. The highest BCUT2D eigenvalue weighted by atomic mass is 79.9. The van der Waals surface area contributed by atoms with Crippen LogP contribution in [0.1, 0.15) is 0 Å². The molecule has 80 valence electrons. The molecule has 4 nitrogen and oxygen atoms in total. The molecule has 0 aliphatic carbocycles. The molecule has 8 heteroatoms. The normalized spacial score (nSPS) is 11.5. The predicted octanol–water partition coefficient (Wildman–Crippen LogP) is 2.77. The van der Waals surface area contributed by atoms with Gasteiger partial charge in [0.1, 0.15) is 4.21 Å². The Morgan fingerprint density at radius 2 is 2.27 bits per heavy atom. The molecule has 0 aliphatic heterocycles. The molecule has 0 bridgehead atoms. The minimum Gasteiger partial charge on any atom is -0.254 e. The highest BCUT2D eigenvalue weighted by Gasteiger charge is 2.16. The lowest BCUT2D eigenvalue weighted by atomic mass is 10.7. The third-order valence-electron chi connectivity index (χ3n) is 1.46. The summed E-state index contributed by atoms with van der Waals surface area (Å²) >= 11 is 5.61. The van der Waals surface area contributed by atoms with Gasteiger partial charge >= 0.3 is 0 Å². The first kappa shape index (κ1) is 11.1. The number of hydrogen-bond donors (Lipinski definition) is 1. The van der Waals surface area contributed by atoms with Crippen LogP contribution in [-0.2, 0) is 10.0 Å². The highest BCUT2D eigenvalue weighted by Crippen LogP contribution is 2.26. The number of sulfonamides is 1. The van der Waals surface area contributed by atoms with E-state index < -0.39 is 10.0 Å². The van der Waals surface area contributed by atoms with Gasteiger partial charge in [0.15, 0.2) is 5.13 Å². The van der Waals surface area contributed by atoms with Crippen LogP contribution in [0.5, 0.6) is 0 Å². The minimum atomic E-state index is -3.46. The first-order chi connectivity index (χ1) is 7.08. The van der Waals surface area contributed by atoms with Crippen molar-refractivity contribution in [2.24, 2.45) is 0 Å². The van der Waals surface area contributed by atoms with Crippen molar-refractivity contribution in [1.29, 1.82) is 0 Å². The molecular weight excluding hydrogens is 320 g/mol. The summed E-state index contributed by atoms with van der Waals surface area (Å²) < 4.78 is 26.9. The van der Waals surface area contributed by atoms with Gasteiger partial charge in [0.05, 0.1) is 9.98 Å². The van der Waals surface area contributed by atoms with Crippen molar-refractivity contribution >= 4 is 53.8 Å². The number of thiazole rings is 1. The molecule has 0 aromatic carbocycles. The van der Waals surface area contributed by atoms with E-state index in [0.717, 1.165) is 3.79 Å². The number of thiophene rings is 1. The fraction of sp³-hybridized carbons (Fsp3) is 0. The molecule has 0 radical (unpaired) electrons. The van der Waals surface area contributed by atoms with Crippen LogP contribution in [-0.4, -0.2) is 13.4 Å². The summed E-state index contributed by atoms with van der Waals surface area (Å²) in [6.45, 7) is 0. The van der Waals surface area contributed by atoms with E-state index in [1.165, 1.54) is 22.7 Å². The van der Waals surface area contributed by atoms with Crippen LogP contribution in [0.3, 0.4) is 0 Å². The maximum atomic E-state index is 11.7. The van der Waals surface area contributed by atoms with E-state index in [-0.39, 0.29) is 4.21 Å². The van der Waals surface area contributed by atoms with Gasteiger partial charge in [-0.3, -0.25) is 4.72 Å². The number of halogens is 1. The molecule has 0 spiro atoms. The molecule has 0 amide bonds. The number of nitrogens with zero attached hydrogens (tertiary/aromatic N) is 1. The first-order valence-corrected chi connectivity index (χ1v) is 7.73. The maximum Gasteiger partial charge on any atom is 0.273 e. The summed E-state index contributed by atoms with van der Waals surface area (Å²) in [7, 11) is -3.46. The van der Waals surface area contributed by atoms with Gasteiger partial charge in [-0.2, -0.15) is 0 Å². The van der Waals surface area contributed by atoms with Gasteiger partial charge in [-0.25, -0.2) is 13.4 Å². The molecule has 0 fully saturated rings. The molecule has 1 N–H and O–H groups in total. The van der Waals surface area contributed by atoms with E-state index in [1.807, 2.05) is 0 Å². The van der Waals surface area contributed by atoms with E-state index in [0.29, 0.717) is 5.13 Å². The van der Waals surface area contributed by atoms with E-state index in [9.17, 15) is 8.42 Å². The second-order valence-electron chi connectivity index (χ2n) is 2.51. The lowest BCUT2D eigenvalue weighted by Crippen LogP contribution is -2.10. The van der Waals surface area contributed by atoms with Crippen LogP contribution in [0.4, 0.5) is 5.13 Å². The molecule has 0 saturated heterocycles. The van der Waals surface area contributed by atoms with Gasteiger partial charge in [-0.1, -0.05) is 17.4 Å². The SMILES string of the molecule is O=S(=O)(Nc1ncc(Br)s1)c1cccs1. The van der Waals surface area contributed by atoms with Crippen LogP contribution in [0, 0.1) is 0 Å². The van der Waals surface area contributed by atoms with Gasteiger partial charge in [-0.05, 0) is 27.4 Å². The summed E-state index contributed by atoms with van der Waals surface area (Å²) in [6.07, 6.45) is 1.55. The molecule has 2 aromatic heterocycles.